The van der Waals surface area contributed by atoms with Crippen molar-refractivity contribution >= 4 is 17.3 Å². The van der Waals surface area contributed by atoms with Crippen LogP contribution in [0, 0.1) is 0 Å². The van der Waals surface area contributed by atoms with E-state index >= 15 is 0 Å². The van der Waals surface area contributed by atoms with Gasteiger partial charge in [-0.2, -0.15) is 0 Å². The lowest BCUT2D eigenvalue weighted by Gasteiger charge is -2.44. The summed E-state index contributed by atoms with van der Waals surface area (Å²) < 4.78 is 0. The van der Waals surface area contributed by atoms with Crippen molar-refractivity contribution in [1.82, 2.24) is 10.2 Å². The van der Waals surface area contributed by atoms with E-state index in [9.17, 15) is 0 Å². The van der Waals surface area contributed by atoms with Gasteiger partial charge < -0.3 is 10.2 Å². The van der Waals surface area contributed by atoms with Gasteiger partial charge >= 0.3 is 0 Å². The lowest BCUT2D eigenvalue weighted by atomic mass is 10.1. The average Bonchev–Trinajstić information content (AvgIpc) is 2.37. The number of benzene rings is 1. The average molecular weight is 282 g/mol. The van der Waals surface area contributed by atoms with Crippen molar-refractivity contribution < 1.29 is 0 Å². The van der Waals surface area contributed by atoms with E-state index in [0.717, 1.165) is 24.7 Å². The summed E-state index contributed by atoms with van der Waals surface area (Å²) >= 11 is 6.18. The molecule has 106 valence electrons. The molecule has 19 heavy (non-hydrogen) atoms. The molecule has 1 aliphatic rings. The van der Waals surface area contributed by atoms with E-state index in [1.807, 2.05) is 13.1 Å². The molecule has 1 heterocycles. The fraction of sp³-hybridized carbons (Fsp3) is 0.600. The topological polar surface area (TPSA) is 18.5 Å². The van der Waals surface area contributed by atoms with Gasteiger partial charge in [-0.25, -0.2) is 0 Å². The first kappa shape index (κ1) is 14.6. The van der Waals surface area contributed by atoms with Crippen LogP contribution in [-0.4, -0.2) is 44.2 Å². The number of likely N-dealkylation sites (N-methyl/N-ethyl adjacent to an activating group) is 1. The maximum absolute atomic E-state index is 6.18. The smallest absolute Gasteiger partial charge is 0.0427 e. The standard InChI is InChI=1S/C15H24ClN3/c1-11-9-19(10-12(2)18(11)4)15-7-14(16)6-5-13(15)8-17-3/h5-7,11-12,17H,8-10H2,1-4H3. The highest BCUT2D eigenvalue weighted by Gasteiger charge is 2.27. The van der Waals surface area contributed by atoms with Crippen LogP contribution < -0.4 is 10.2 Å². The van der Waals surface area contributed by atoms with Gasteiger partial charge in [0.2, 0.25) is 0 Å². The van der Waals surface area contributed by atoms with Crippen LogP contribution in [0.4, 0.5) is 5.69 Å². The first-order valence-corrected chi connectivity index (χ1v) is 7.30. The van der Waals surface area contributed by atoms with Crippen LogP contribution in [0.2, 0.25) is 5.02 Å². The number of halogens is 1. The Hall–Kier alpha value is -0.770. The van der Waals surface area contributed by atoms with Crippen LogP contribution in [0.15, 0.2) is 18.2 Å². The van der Waals surface area contributed by atoms with Gasteiger partial charge in [0, 0.05) is 42.4 Å². The van der Waals surface area contributed by atoms with Crippen molar-refractivity contribution in [2.24, 2.45) is 0 Å². The minimum Gasteiger partial charge on any atom is -0.368 e. The number of hydrogen-bond donors (Lipinski definition) is 1. The number of nitrogens with zero attached hydrogens (tertiary/aromatic N) is 2. The van der Waals surface area contributed by atoms with Gasteiger partial charge in [0.05, 0.1) is 0 Å². The van der Waals surface area contributed by atoms with E-state index < -0.39 is 0 Å². The zero-order chi connectivity index (χ0) is 14.0. The summed E-state index contributed by atoms with van der Waals surface area (Å²) in [7, 11) is 4.19. The van der Waals surface area contributed by atoms with Crippen molar-refractivity contribution in [2.45, 2.75) is 32.5 Å². The predicted octanol–water partition coefficient (Wildman–Crippen LogP) is 2.59. The molecule has 0 saturated carbocycles. The Morgan fingerprint density at radius 3 is 2.47 bits per heavy atom. The van der Waals surface area contributed by atoms with Crippen molar-refractivity contribution in [3.05, 3.63) is 28.8 Å². The number of rotatable bonds is 3. The zero-order valence-electron chi connectivity index (χ0n) is 12.3. The van der Waals surface area contributed by atoms with E-state index in [2.05, 4.69) is 48.1 Å². The maximum atomic E-state index is 6.18. The summed E-state index contributed by atoms with van der Waals surface area (Å²) in [4.78, 5) is 4.91. The molecule has 1 aromatic carbocycles. The molecular formula is C15H24ClN3. The Balaban J connectivity index is 2.27. The Labute approximate surface area is 121 Å². The number of hydrogen-bond acceptors (Lipinski definition) is 3. The van der Waals surface area contributed by atoms with Crippen LogP contribution >= 0.6 is 11.6 Å². The highest BCUT2D eigenvalue weighted by molar-refractivity contribution is 6.30. The largest absolute Gasteiger partial charge is 0.368 e. The number of nitrogens with one attached hydrogen (secondary N) is 1. The molecule has 2 unspecified atom stereocenters. The second-order valence-corrected chi connectivity index (χ2v) is 6.01. The van der Waals surface area contributed by atoms with Crippen LogP contribution in [0.5, 0.6) is 0 Å². The second-order valence-electron chi connectivity index (χ2n) is 5.57. The van der Waals surface area contributed by atoms with E-state index in [1.54, 1.807) is 0 Å². The molecule has 0 aliphatic carbocycles. The van der Waals surface area contributed by atoms with Crippen molar-refractivity contribution in [1.29, 1.82) is 0 Å². The third-order valence-electron chi connectivity index (χ3n) is 4.11. The predicted molar refractivity (Wildman–Crippen MR) is 83.1 cm³/mol. The van der Waals surface area contributed by atoms with Crippen molar-refractivity contribution in [3.63, 3.8) is 0 Å². The molecular weight excluding hydrogens is 258 g/mol. The van der Waals surface area contributed by atoms with Gasteiger partial charge in [-0.3, -0.25) is 4.90 Å². The zero-order valence-corrected chi connectivity index (χ0v) is 13.0. The summed E-state index contributed by atoms with van der Waals surface area (Å²) in [5.74, 6) is 0. The number of anilines is 1. The molecule has 1 fully saturated rings. The molecule has 0 bridgehead atoms. The first-order chi connectivity index (χ1) is 9.02. The second kappa shape index (κ2) is 6.12. The third kappa shape index (κ3) is 3.22. The van der Waals surface area contributed by atoms with E-state index in [0.29, 0.717) is 12.1 Å². The molecule has 1 saturated heterocycles. The summed E-state index contributed by atoms with van der Waals surface area (Å²) in [6.45, 7) is 7.55. The van der Waals surface area contributed by atoms with Crippen LogP contribution in [0.3, 0.4) is 0 Å². The van der Waals surface area contributed by atoms with E-state index in [-0.39, 0.29) is 0 Å². The summed E-state index contributed by atoms with van der Waals surface area (Å²) in [6.07, 6.45) is 0. The van der Waals surface area contributed by atoms with Gasteiger partial charge in [0.1, 0.15) is 0 Å². The minimum absolute atomic E-state index is 0.560. The molecule has 0 amide bonds. The molecule has 1 aromatic rings. The Bertz CT molecular complexity index is 423. The minimum atomic E-state index is 0.560. The highest BCUT2D eigenvalue weighted by Crippen LogP contribution is 2.28. The highest BCUT2D eigenvalue weighted by atomic mass is 35.5. The SMILES string of the molecule is CNCc1ccc(Cl)cc1N1CC(C)N(C)C(C)C1. The Kier molecular flexibility index (Phi) is 4.71. The molecule has 1 N–H and O–H groups in total. The molecule has 0 radical (unpaired) electrons. The van der Waals surface area contributed by atoms with E-state index in [4.69, 9.17) is 11.6 Å². The van der Waals surface area contributed by atoms with Crippen LogP contribution in [-0.2, 0) is 6.54 Å². The van der Waals surface area contributed by atoms with Crippen molar-refractivity contribution in [2.75, 3.05) is 32.1 Å². The fourth-order valence-electron chi connectivity index (χ4n) is 2.77. The maximum Gasteiger partial charge on any atom is 0.0427 e. The van der Waals surface area contributed by atoms with Crippen LogP contribution in [0.1, 0.15) is 19.4 Å². The van der Waals surface area contributed by atoms with Gasteiger partial charge in [0.15, 0.2) is 0 Å². The van der Waals surface area contributed by atoms with Gasteiger partial charge in [-0.1, -0.05) is 17.7 Å². The molecule has 2 atom stereocenters. The molecule has 2 rings (SSSR count). The first-order valence-electron chi connectivity index (χ1n) is 6.92. The lowest BCUT2D eigenvalue weighted by Crippen LogP contribution is -2.55. The normalized spacial score (nSPS) is 24.8. The summed E-state index contributed by atoms with van der Waals surface area (Å²) in [5.41, 5.74) is 2.59. The molecule has 0 spiro atoms. The quantitative estimate of drug-likeness (QED) is 0.919. The van der Waals surface area contributed by atoms with Crippen molar-refractivity contribution in [3.8, 4) is 0 Å². The molecule has 1 aliphatic heterocycles. The Morgan fingerprint density at radius 1 is 1.26 bits per heavy atom. The van der Waals surface area contributed by atoms with Crippen LogP contribution in [0.25, 0.3) is 0 Å². The summed E-state index contributed by atoms with van der Waals surface area (Å²) in [5, 5.41) is 4.05. The van der Waals surface area contributed by atoms with E-state index in [1.165, 1.54) is 11.3 Å². The number of piperazine rings is 1. The Morgan fingerprint density at radius 2 is 1.89 bits per heavy atom. The fourth-order valence-corrected chi connectivity index (χ4v) is 2.94. The molecule has 4 heteroatoms. The van der Waals surface area contributed by atoms with Gasteiger partial charge in [-0.15, -0.1) is 0 Å². The monoisotopic (exact) mass is 281 g/mol. The molecule has 0 aromatic heterocycles. The van der Waals surface area contributed by atoms with Gasteiger partial charge in [0.25, 0.3) is 0 Å². The summed E-state index contributed by atoms with van der Waals surface area (Å²) in [6, 6.07) is 7.32. The third-order valence-corrected chi connectivity index (χ3v) is 4.35. The molecule has 3 nitrogen and oxygen atoms in total. The van der Waals surface area contributed by atoms with Gasteiger partial charge in [-0.05, 0) is 45.6 Å². The lowest BCUT2D eigenvalue weighted by molar-refractivity contribution is 0.170.